The fourth-order valence-electron chi connectivity index (χ4n) is 1.81. The van der Waals surface area contributed by atoms with E-state index in [-0.39, 0.29) is 5.69 Å². The number of alkyl halides is 1. The predicted octanol–water partition coefficient (Wildman–Crippen LogP) is 4.76. The third-order valence-corrected chi connectivity index (χ3v) is 3.89. The predicted molar refractivity (Wildman–Crippen MR) is 86.4 cm³/mol. The van der Waals surface area contributed by atoms with Crippen molar-refractivity contribution in [2.75, 3.05) is 6.61 Å². The van der Waals surface area contributed by atoms with Crippen LogP contribution in [0.3, 0.4) is 0 Å². The maximum atomic E-state index is 10.6. The van der Waals surface area contributed by atoms with E-state index in [0.717, 1.165) is 16.5 Å². The average molecular weight is 371 g/mol. The molecule has 0 radical (unpaired) electrons. The van der Waals surface area contributed by atoms with Crippen LogP contribution in [-0.4, -0.2) is 11.5 Å². The SMILES string of the molecule is O=[N+]([O-])c1ccc(CCOc2ccc(CBr)cc2Cl)cc1. The molecule has 0 aliphatic heterocycles. The highest BCUT2D eigenvalue weighted by Gasteiger charge is 2.05. The van der Waals surface area contributed by atoms with Crippen molar-refractivity contribution < 1.29 is 9.66 Å². The maximum absolute atomic E-state index is 10.6. The third-order valence-electron chi connectivity index (χ3n) is 2.95. The van der Waals surface area contributed by atoms with Crippen molar-refractivity contribution >= 4 is 33.2 Å². The molecule has 0 bridgehead atoms. The number of ether oxygens (including phenoxy) is 1. The summed E-state index contributed by atoms with van der Waals surface area (Å²) in [4.78, 5) is 10.2. The van der Waals surface area contributed by atoms with E-state index in [1.165, 1.54) is 12.1 Å². The minimum absolute atomic E-state index is 0.0908. The van der Waals surface area contributed by atoms with Gasteiger partial charge in [-0.2, -0.15) is 0 Å². The Morgan fingerprint density at radius 2 is 1.81 bits per heavy atom. The van der Waals surface area contributed by atoms with Crippen LogP contribution in [0.25, 0.3) is 0 Å². The molecule has 0 amide bonds. The lowest BCUT2D eigenvalue weighted by Gasteiger charge is -2.09. The Balaban J connectivity index is 1.90. The quantitative estimate of drug-likeness (QED) is 0.418. The van der Waals surface area contributed by atoms with Crippen molar-refractivity contribution in [3.8, 4) is 5.75 Å². The number of benzene rings is 2. The Labute approximate surface area is 136 Å². The molecule has 0 saturated carbocycles. The highest BCUT2D eigenvalue weighted by Crippen LogP contribution is 2.26. The van der Waals surface area contributed by atoms with Gasteiger partial charge in [0.05, 0.1) is 16.6 Å². The first-order valence-corrected chi connectivity index (χ1v) is 7.80. The van der Waals surface area contributed by atoms with E-state index in [2.05, 4.69) is 15.9 Å². The molecule has 0 atom stereocenters. The molecule has 2 aromatic carbocycles. The minimum Gasteiger partial charge on any atom is -0.492 e. The van der Waals surface area contributed by atoms with Gasteiger partial charge in [0.25, 0.3) is 5.69 Å². The molecular weight excluding hydrogens is 358 g/mol. The minimum atomic E-state index is -0.411. The topological polar surface area (TPSA) is 52.4 Å². The van der Waals surface area contributed by atoms with Crippen LogP contribution >= 0.6 is 27.5 Å². The number of hydrogen-bond acceptors (Lipinski definition) is 3. The zero-order valence-electron chi connectivity index (χ0n) is 11.1. The molecule has 0 heterocycles. The number of nitro groups is 1. The van der Waals surface area contributed by atoms with E-state index in [4.69, 9.17) is 16.3 Å². The number of non-ortho nitro benzene ring substituents is 1. The van der Waals surface area contributed by atoms with Crippen LogP contribution < -0.4 is 4.74 Å². The van der Waals surface area contributed by atoms with E-state index in [9.17, 15) is 10.1 Å². The monoisotopic (exact) mass is 369 g/mol. The van der Waals surface area contributed by atoms with Crippen LogP contribution in [0, 0.1) is 10.1 Å². The van der Waals surface area contributed by atoms with Gasteiger partial charge in [-0.3, -0.25) is 10.1 Å². The summed E-state index contributed by atoms with van der Waals surface area (Å²) in [6.07, 6.45) is 0.661. The van der Waals surface area contributed by atoms with Crippen LogP contribution in [0.5, 0.6) is 5.75 Å². The summed E-state index contributed by atoms with van der Waals surface area (Å²) >= 11 is 9.49. The van der Waals surface area contributed by atoms with Gasteiger partial charge in [0.2, 0.25) is 0 Å². The van der Waals surface area contributed by atoms with Crippen molar-refractivity contribution in [1.82, 2.24) is 0 Å². The van der Waals surface area contributed by atoms with Gasteiger partial charge < -0.3 is 4.74 Å². The van der Waals surface area contributed by atoms with E-state index < -0.39 is 4.92 Å². The standard InChI is InChI=1S/C15H13BrClNO3/c16-10-12-3-6-15(14(17)9-12)21-8-7-11-1-4-13(5-2-11)18(19)20/h1-6,9H,7-8,10H2. The molecule has 0 N–H and O–H groups in total. The van der Waals surface area contributed by atoms with Crippen LogP contribution in [-0.2, 0) is 11.8 Å². The largest absolute Gasteiger partial charge is 0.492 e. The summed E-state index contributed by atoms with van der Waals surface area (Å²) in [7, 11) is 0. The van der Waals surface area contributed by atoms with Crippen LogP contribution in [0.4, 0.5) is 5.69 Å². The Morgan fingerprint density at radius 1 is 1.14 bits per heavy atom. The van der Waals surface area contributed by atoms with Gasteiger partial charge in [0.1, 0.15) is 5.75 Å². The lowest BCUT2D eigenvalue weighted by Crippen LogP contribution is -2.02. The highest BCUT2D eigenvalue weighted by atomic mass is 79.9. The first kappa shape index (κ1) is 15.8. The summed E-state index contributed by atoms with van der Waals surface area (Å²) in [6.45, 7) is 0.463. The second-order valence-electron chi connectivity index (χ2n) is 4.42. The smallest absolute Gasteiger partial charge is 0.269 e. The molecule has 0 aliphatic carbocycles. The Hall–Kier alpha value is -1.59. The third kappa shape index (κ3) is 4.44. The Kier molecular flexibility index (Phi) is 5.59. The number of rotatable bonds is 6. The second kappa shape index (κ2) is 7.43. The van der Waals surface area contributed by atoms with Crippen LogP contribution in [0.15, 0.2) is 42.5 Å². The molecule has 110 valence electrons. The molecule has 0 spiro atoms. The van der Waals surface area contributed by atoms with Crippen LogP contribution in [0.2, 0.25) is 5.02 Å². The highest BCUT2D eigenvalue weighted by molar-refractivity contribution is 9.08. The normalized spacial score (nSPS) is 10.4. The van der Waals surface area contributed by atoms with Crippen molar-refractivity contribution in [2.24, 2.45) is 0 Å². The van der Waals surface area contributed by atoms with Crippen molar-refractivity contribution in [2.45, 2.75) is 11.8 Å². The molecule has 6 heteroatoms. The fraction of sp³-hybridized carbons (Fsp3) is 0.200. The van der Waals surface area contributed by atoms with Gasteiger partial charge in [-0.15, -0.1) is 0 Å². The molecule has 2 rings (SSSR count). The number of hydrogen-bond donors (Lipinski definition) is 0. The lowest BCUT2D eigenvalue weighted by atomic mass is 10.1. The van der Waals surface area contributed by atoms with Gasteiger partial charge in [-0.1, -0.05) is 45.7 Å². The molecule has 0 aromatic heterocycles. The summed E-state index contributed by atoms with van der Waals surface area (Å²) in [6, 6.07) is 12.1. The molecule has 0 saturated heterocycles. The second-order valence-corrected chi connectivity index (χ2v) is 5.39. The number of nitro benzene ring substituents is 1. The van der Waals surface area contributed by atoms with Gasteiger partial charge in [-0.25, -0.2) is 0 Å². The molecule has 21 heavy (non-hydrogen) atoms. The van der Waals surface area contributed by atoms with Gasteiger partial charge in [0, 0.05) is 23.9 Å². The van der Waals surface area contributed by atoms with Crippen molar-refractivity contribution in [3.05, 3.63) is 68.7 Å². The summed E-state index contributed by atoms with van der Waals surface area (Å²) in [5.74, 6) is 0.642. The average Bonchev–Trinajstić information content (AvgIpc) is 2.49. The molecular formula is C15H13BrClNO3. The Bertz CT molecular complexity index is 631. The first-order valence-electron chi connectivity index (χ1n) is 6.30. The summed E-state index contributed by atoms with van der Waals surface area (Å²) < 4.78 is 5.64. The first-order chi connectivity index (χ1) is 10.1. The fourth-order valence-corrected chi connectivity index (χ4v) is 2.41. The molecule has 4 nitrogen and oxygen atoms in total. The molecule has 0 fully saturated rings. The van der Waals surface area contributed by atoms with Crippen molar-refractivity contribution in [3.63, 3.8) is 0 Å². The van der Waals surface area contributed by atoms with Crippen molar-refractivity contribution in [1.29, 1.82) is 0 Å². The van der Waals surface area contributed by atoms with E-state index >= 15 is 0 Å². The van der Waals surface area contributed by atoms with E-state index in [1.54, 1.807) is 12.1 Å². The van der Waals surface area contributed by atoms with E-state index in [0.29, 0.717) is 23.8 Å². The van der Waals surface area contributed by atoms with Gasteiger partial charge in [-0.05, 0) is 23.3 Å². The van der Waals surface area contributed by atoms with Gasteiger partial charge in [0.15, 0.2) is 0 Å². The maximum Gasteiger partial charge on any atom is 0.269 e. The zero-order valence-corrected chi connectivity index (χ0v) is 13.4. The molecule has 0 aliphatic rings. The molecule has 0 unspecified atom stereocenters. The molecule has 2 aromatic rings. The Morgan fingerprint density at radius 3 is 2.38 bits per heavy atom. The summed E-state index contributed by atoms with van der Waals surface area (Å²) in [5, 5.41) is 11.9. The number of halogens is 2. The lowest BCUT2D eigenvalue weighted by molar-refractivity contribution is -0.384. The summed E-state index contributed by atoms with van der Waals surface area (Å²) in [5.41, 5.74) is 2.16. The van der Waals surface area contributed by atoms with Crippen LogP contribution in [0.1, 0.15) is 11.1 Å². The zero-order chi connectivity index (χ0) is 15.2. The van der Waals surface area contributed by atoms with Gasteiger partial charge >= 0.3 is 0 Å². The van der Waals surface area contributed by atoms with E-state index in [1.807, 2.05) is 18.2 Å². The number of nitrogens with zero attached hydrogens (tertiary/aromatic N) is 1.